The molecule has 0 aromatic carbocycles. The lowest BCUT2D eigenvalue weighted by Crippen LogP contribution is -2.15. The molecule has 0 aliphatic heterocycles. The summed E-state index contributed by atoms with van der Waals surface area (Å²) in [6.45, 7) is 9.33. The molecule has 0 saturated heterocycles. The Bertz CT molecular complexity index is 85.7. The zero-order valence-corrected chi connectivity index (χ0v) is 6.24. The van der Waals surface area contributed by atoms with Crippen molar-refractivity contribution in [2.45, 2.75) is 20.3 Å². The molecule has 0 unspecified atom stereocenters. The summed E-state index contributed by atoms with van der Waals surface area (Å²) in [6, 6.07) is 0. The molecule has 0 aromatic heterocycles. The highest BCUT2D eigenvalue weighted by molar-refractivity contribution is 4.77. The van der Waals surface area contributed by atoms with Crippen LogP contribution in [0.1, 0.15) is 21.7 Å². The molecule has 0 amide bonds. The van der Waals surface area contributed by atoms with E-state index in [1.807, 2.05) is 6.92 Å². The van der Waals surface area contributed by atoms with Crippen molar-refractivity contribution in [3.8, 4) is 0 Å². The van der Waals surface area contributed by atoms with Crippen LogP contribution in [-0.4, -0.2) is 13.2 Å². The molecule has 0 aromatic rings. The molecule has 0 fully saturated rings. The molecule has 0 aliphatic carbocycles. The normalized spacial score (nSPS) is 8.67. The molecule has 0 atom stereocenters. The first kappa shape index (κ1) is 8.34. The molecule has 0 aliphatic rings. The Kier molecular flexibility index (Phi) is 5.07. The molecule has 2 heteroatoms. The van der Waals surface area contributed by atoms with Crippen molar-refractivity contribution in [1.82, 2.24) is 5.32 Å². The van der Waals surface area contributed by atoms with Gasteiger partial charge in [-0.25, -0.2) is 0 Å². The topological polar surface area (TPSA) is 21.3 Å². The van der Waals surface area contributed by atoms with Gasteiger partial charge in [0.1, 0.15) is 0 Å². The summed E-state index contributed by atoms with van der Waals surface area (Å²) in [5, 5.41) is 3.02. The van der Waals surface area contributed by atoms with Crippen LogP contribution in [0.4, 0.5) is 0 Å². The van der Waals surface area contributed by atoms with E-state index in [2.05, 4.69) is 18.8 Å². The van der Waals surface area contributed by atoms with E-state index in [-0.39, 0.29) is 1.43 Å². The summed E-state index contributed by atoms with van der Waals surface area (Å²) in [5.41, 5.74) is 0. The minimum Gasteiger partial charge on any atom is -0.480 e. The molecule has 0 bridgehead atoms. The van der Waals surface area contributed by atoms with E-state index in [1.54, 1.807) is 0 Å². The maximum absolute atomic E-state index is 5.04. The van der Waals surface area contributed by atoms with Crippen molar-refractivity contribution in [2.24, 2.45) is 0 Å². The number of hydrogen-bond donors (Lipinski definition) is 1. The summed E-state index contributed by atoms with van der Waals surface area (Å²) in [7, 11) is 0. The molecule has 0 saturated carbocycles. The van der Waals surface area contributed by atoms with Crippen molar-refractivity contribution < 1.29 is 6.16 Å². The fourth-order valence-electron chi connectivity index (χ4n) is 0.490. The third kappa shape index (κ3) is 5.21. The molecule has 0 heterocycles. The van der Waals surface area contributed by atoms with Crippen LogP contribution in [0, 0.1) is 0 Å². The van der Waals surface area contributed by atoms with Gasteiger partial charge in [0.2, 0.25) is 0 Å². The summed E-state index contributed by atoms with van der Waals surface area (Å²) >= 11 is 0. The van der Waals surface area contributed by atoms with Crippen LogP contribution in [0.3, 0.4) is 0 Å². The summed E-state index contributed by atoms with van der Waals surface area (Å²) < 4.78 is 5.04. The van der Waals surface area contributed by atoms with Gasteiger partial charge in [0.25, 0.3) is 0 Å². The fourth-order valence-corrected chi connectivity index (χ4v) is 0.490. The molecular weight excluding hydrogens is 114 g/mol. The van der Waals surface area contributed by atoms with E-state index in [9.17, 15) is 0 Å². The Morgan fingerprint density at radius 3 is 2.78 bits per heavy atom. The third-order valence-corrected chi connectivity index (χ3v) is 0.891. The summed E-state index contributed by atoms with van der Waals surface area (Å²) in [5.74, 6) is 0.680. The molecule has 0 radical (unpaired) electrons. The van der Waals surface area contributed by atoms with Gasteiger partial charge >= 0.3 is 0 Å². The summed E-state index contributed by atoms with van der Waals surface area (Å²) in [4.78, 5) is 0. The second kappa shape index (κ2) is 5.48. The lowest BCUT2D eigenvalue weighted by Gasteiger charge is -2.07. The van der Waals surface area contributed by atoms with Crippen LogP contribution in [0.5, 0.6) is 0 Å². The minimum atomic E-state index is 0. The van der Waals surface area contributed by atoms with Gasteiger partial charge in [-0.15, -0.1) is 0 Å². The number of hydrogen-bond acceptors (Lipinski definition) is 2. The van der Waals surface area contributed by atoms with Crippen molar-refractivity contribution in [3.05, 3.63) is 12.5 Å². The third-order valence-electron chi connectivity index (χ3n) is 0.891. The van der Waals surface area contributed by atoms with Crippen LogP contribution in [0.25, 0.3) is 0 Å². The molecule has 0 spiro atoms. The molecule has 1 N–H and O–H groups in total. The van der Waals surface area contributed by atoms with Crippen molar-refractivity contribution in [3.63, 3.8) is 0 Å². The second-order valence-corrected chi connectivity index (χ2v) is 1.78. The van der Waals surface area contributed by atoms with E-state index in [1.165, 1.54) is 0 Å². The van der Waals surface area contributed by atoms with Crippen LogP contribution in [-0.2, 0) is 4.74 Å². The number of nitrogens with one attached hydrogen (secondary N) is 1. The number of ether oxygens (including phenoxy) is 1. The highest BCUT2D eigenvalue weighted by Gasteiger charge is 1.86. The van der Waals surface area contributed by atoms with Gasteiger partial charge < -0.3 is 10.1 Å². The van der Waals surface area contributed by atoms with E-state index in [0.29, 0.717) is 12.5 Å². The van der Waals surface area contributed by atoms with Crippen molar-refractivity contribution >= 4 is 0 Å². The van der Waals surface area contributed by atoms with Crippen molar-refractivity contribution in [1.29, 1.82) is 0 Å². The second-order valence-electron chi connectivity index (χ2n) is 1.78. The maximum Gasteiger partial charge on any atom is 0.179 e. The Morgan fingerprint density at radius 2 is 2.33 bits per heavy atom. The molecule has 2 nitrogen and oxygen atoms in total. The zero-order valence-electron chi connectivity index (χ0n) is 6.24. The minimum absolute atomic E-state index is 0. The molecule has 56 valence electrons. The summed E-state index contributed by atoms with van der Waals surface area (Å²) in [6.07, 6.45) is 1.10. The Labute approximate surface area is 58.4 Å². The average Bonchev–Trinajstić information content (AvgIpc) is 1.85. The van der Waals surface area contributed by atoms with Gasteiger partial charge in [-0.2, -0.15) is 0 Å². The van der Waals surface area contributed by atoms with Gasteiger partial charge in [0.05, 0.1) is 6.61 Å². The van der Waals surface area contributed by atoms with Gasteiger partial charge in [0, 0.05) is 7.97 Å². The predicted molar refractivity (Wildman–Crippen MR) is 41.2 cm³/mol. The van der Waals surface area contributed by atoms with Crippen molar-refractivity contribution in [2.75, 3.05) is 13.2 Å². The average molecular weight is 131 g/mol. The highest BCUT2D eigenvalue weighted by Crippen LogP contribution is 1.85. The fraction of sp³-hybridized carbons (Fsp3) is 0.714. The molecule has 0 rings (SSSR count). The monoisotopic (exact) mass is 131 g/mol. The standard InChI is InChI=1S/C7H15NO.H2/c1-4-6-8-7(3)9-5-2;/h8H,3-6H2,1-2H3;1H. The van der Waals surface area contributed by atoms with Crippen LogP contribution < -0.4 is 5.32 Å². The first-order chi connectivity index (χ1) is 4.31. The van der Waals surface area contributed by atoms with E-state index in [4.69, 9.17) is 4.74 Å². The predicted octanol–water partition coefficient (Wildman–Crippen LogP) is 1.74. The van der Waals surface area contributed by atoms with Crippen LogP contribution in [0.15, 0.2) is 12.5 Å². The smallest absolute Gasteiger partial charge is 0.179 e. The lowest BCUT2D eigenvalue weighted by atomic mass is 10.5. The van der Waals surface area contributed by atoms with Crippen LogP contribution in [0.2, 0.25) is 0 Å². The van der Waals surface area contributed by atoms with Gasteiger partial charge in [-0.05, 0) is 19.9 Å². The molecular formula is C7H17NO. The first-order valence-electron chi connectivity index (χ1n) is 3.36. The first-order valence-corrected chi connectivity index (χ1v) is 3.36. The Balaban J connectivity index is 0. The maximum atomic E-state index is 5.04. The largest absolute Gasteiger partial charge is 0.480 e. The van der Waals surface area contributed by atoms with E-state index >= 15 is 0 Å². The Hall–Kier alpha value is -0.660. The van der Waals surface area contributed by atoms with E-state index in [0.717, 1.165) is 13.0 Å². The van der Waals surface area contributed by atoms with Gasteiger partial charge in [-0.1, -0.05) is 6.92 Å². The van der Waals surface area contributed by atoms with Gasteiger partial charge in [-0.3, -0.25) is 0 Å². The SMILES string of the molecule is C=C(NCCC)OCC.[HH]. The number of rotatable bonds is 5. The lowest BCUT2D eigenvalue weighted by molar-refractivity contribution is 0.208. The van der Waals surface area contributed by atoms with Crippen LogP contribution >= 0.6 is 0 Å². The molecule has 9 heavy (non-hydrogen) atoms. The van der Waals surface area contributed by atoms with Gasteiger partial charge in [0.15, 0.2) is 5.88 Å². The quantitative estimate of drug-likeness (QED) is 0.574. The Morgan fingerprint density at radius 1 is 1.67 bits per heavy atom. The zero-order chi connectivity index (χ0) is 7.11. The highest BCUT2D eigenvalue weighted by atomic mass is 16.5. The van der Waals surface area contributed by atoms with E-state index < -0.39 is 0 Å².